The van der Waals surface area contributed by atoms with Crippen LogP contribution in [-0.4, -0.2) is 29.1 Å². The van der Waals surface area contributed by atoms with Crippen molar-refractivity contribution in [3.8, 4) is 5.69 Å². The summed E-state index contributed by atoms with van der Waals surface area (Å²) in [5.74, 6) is 0. The normalized spacial score (nSPS) is 11.4. The second-order valence-electron chi connectivity index (χ2n) is 6.95. The van der Waals surface area contributed by atoms with Gasteiger partial charge in [-0.2, -0.15) is 5.10 Å². The number of hydrogen-bond donors (Lipinski definition) is 2. The van der Waals surface area contributed by atoms with Crippen molar-refractivity contribution in [2.24, 2.45) is 5.10 Å². The second-order valence-corrected chi connectivity index (χ2v) is 9.01. The highest BCUT2D eigenvalue weighted by Gasteiger charge is 2.23. The number of hydrogen-bond acceptors (Lipinski definition) is 7. The maximum Gasteiger partial charge on any atom is 0.270 e. The average Bonchev–Trinajstić information content (AvgIpc) is 3.36. The van der Waals surface area contributed by atoms with E-state index in [2.05, 4.69) is 20.2 Å². The van der Waals surface area contributed by atoms with Crippen LogP contribution in [0.5, 0.6) is 0 Å². The first-order valence-corrected chi connectivity index (χ1v) is 11.6. The first kappa shape index (κ1) is 23.0. The highest BCUT2D eigenvalue weighted by atomic mass is 35.5. The number of benzene rings is 3. The standard InChI is InChI=1S/C22H17ClN6O4S/c23-19-3-1-2-4-20(19)27-34(32,33)22-13-18(29(30)31)9-10-21(22)26-25-14-16-5-7-17(8-6-16)28-12-11-24-15-28/h1-15,26-27H/b25-14+. The Morgan fingerprint density at radius 3 is 2.50 bits per heavy atom. The van der Waals surface area contributed by atoms with Crippen molar-refractivity contribution in [3.05, 3.63) is 106 Å². The molecule has 0 unspecified atom stereocenters. The summed E-state index contributed by atoms with van der Waals surface area (Å²) in [4.78, 5) is 14.2. The minimum atomic E-state index is -4.23. The number of nitrogens with one attached hydrogen (secondary N) is 2. The van der Waals surface area contributed by atoms with Crippen LogP contribution in [0.4, 0.5) is 17.1 Å². The number of imidazole rings is 1. The van der Waals surface area contributed by atoms with Gasteiger partial charge in [0.25, 0.3) is 15.7 Å². The van der Waals surface area contributed by atoms with Crippen molar-refractivity contribution in [2.75, 3.05) is 10.1 Å². The number of nitrogens with zero attached hydrogens (tertiary/aromatic N) is 4. The SMILES string of the molecule is O=[N+]([O-])c1ccc(N/N=C/c2ccc(-n3ccnc3)cc2)c(S(=O)(=O)Nc2ccccc2Cl)c1. The number of aromatic nitrogens is 2. The van der Waals surface area contributed by atoms with Crippen LogP contribution in [0.15, 0.2) is 95.4 Å². The van der Waals surface area contributed by atoms with E-state index in [-0.39, 0.29) is 27.0 Å². The number of rotatable bonds is 8. The van der Waals surface area contributed by atoms with E-state index in [1.54, 1.807) is 24.7 Å². The van der Waals surface area contributed by atoms with Gasteiger partial charge in [-0.05, 0) is 35.9 Å². The van der Waals surface area contributed by atoms with Gasteiger partial charge in [-0.1, -0.05) is 35.9 Å². The highest BCUT2D eigenvalue weighted by molar-refractivity contribution is 7.93. The van der Waals surface area contributed by atoms with Gasteiger partial charge in [-0.3, -0.25) is 20.3 Å². The lowest BCUT2D eigenvalue weighted by Gasteiger charge is -2.13. The van der Waals surface area contributed by atoms with E-state index in [0.29, 0.717) is 0 Å². The Morgan fingerprint density at radius 2 is 1.82 bits per heavy atom. The van der Waals surface area contributed by atoms with E-state index < -0.39 is 14.9 Å². The minimum Gasteiger partial charge on any atom is -0.306 e. The number of non-ortho nitro benzene ring substituents is 1. The molecule has 0 atom stereocenters. The number of sulfonamides is 1. The molecule has 2 N–H and O–H groups in total. The van der Waals surface area contributed by atoms with Gasteiger partial charge in [0.15, 0.2) is 0 Å². The molecule has 10 nitrogen and oxygen atoms in total. The molecule has 0 aliphatic carbocycles. The fourth-order valence-electron chi connectivity index (χ4n) is 3.00. The average molecular weight is 497 g/mol. The van der Waals surface area contributed by atoms with E-state index in [0.717, 1.165) is 17.3 Å². The number of nitro benzene ring substituents is 1. The molecule has 4 aromatic rings. The molecule has 0 amide bonds. The summed E-state index contributed by atoms with van der Waals surface area (Å²) in [6.07, 6.45) is 6.67. The fourth-order valence-corrected chi connectivity index (χ4v) is 4.50. The quantitative estimate of drug-likeness (QED) is 0.207. The van der Waals surface area contributed by atoms with E-state index in [9.17, 15) is 18.5 Å². The Balaban J connectivity index is 1.59. The Kier molecular flexibility index (Phi) is 6.57. The minimum absolute atomic E-state index is 0.0523. The third-order valence-electron chi connectivity index (χ3n) is 4.68. The summed E-state index contributed by atoms with van der Waals surface area (Å²) in [6, 6.07) is 17.1. The zero-order valence-electron chi connectivity index (χ0n) is 17.4. The van der Waals surface area contributed by atoms with Crippen LogP contribution in [0.2, 0.25) is 5.02 Å². The van der Waals surface area contributed by atoms with Crippen LogP contribution >= 0.6 is 11.6 Å². The van der Waals surface area contributed by atoms with E-state index in [4.69, 9.17) is 11.6 Å². The molecular formula is C22H17ClN6O4S. The summed E-state index contributed by atoms with van der Waals surface area (Å²) in [5.41, 5.74) is 4.13. The predicted molar refractivity (Wildman–Crippen MR) is 130 cm³/mol. The molecule has 0 aliphatic rings. The van der Waals surface area contributed by atoms with Gasteiger partial charge in [0.2, 0.25) is 0 Å². The third kappa shape index (κ3) is 5.22. The molecule has 0 aliphatic heterocycles. The van der Waals surface area contributed by atoms with Crippen LogP contribution in [0, 0.1) is 10.1 Å². The van der Waals surface area contributed by atoms with Crippen molar-refractivity contribution in [2.45, 2.75) is 4.90 Å². The molecule has 1 heterocycles. The summed E-state index contributed by atoms with van der Waals surface area (Å²) in [5, 5.41) is 15.5. The zero-order chi connectivity index (χ0) is 24.1. The molecule has 3 aromatic carbocycles. The molecule has 172 valence electrons. The van der Waals surface area contributed by atoms with Gasteiger partial charge in [0.1, 0.15) is 4.90 Å². The third-order valence-corrected chi connectivity index (χ3v) is 6.41. The second kappa shape index (κ2) is 9.73. The van der Waals surface area contributed by atoms with Gasteiger partial charge in [0, 0.05) is 30.2 Å². The number of anilines is 2. The molecule has 0 radical (unpaired) electrons. The van der Waals surface area contributed by atoms with Crippen LogP contribution in [0.25, 0.3) is 5.69 Å². The van der Waals surface area contributed by atoms with E-state index in [1.165, 1.54) is 30.5 Å². The Labute approximate surface area is 199 Å². The molecule has 0 saturated carbocycles. The fraction of sp³-hybridized carbons (Fsp3) is 0. The summed E-state index contributed by atoms with van der Waals surface area (Å²) >= 11 is 6.06. The van der Waals surface area contributed by atoms with Gasteiger partial charge in [-0.15, -0.1) is 0 Å². The molecule has 0 spiro atoms. The topological polar surface area (TPSA) is 132 Å². The maximum atomic E-state index is 13.0. The van der Waals surface area contributed by atoms with Gasteiger partial charge in [0.05, 0.1) is 33.9 Å². The Hall–Kier alpha value is -4.22. The molecular weight excluding hydrogens is 480 g/mol. The first-order valence-electron chi connectivity index (χ1n) is 9.77. The van der Waals surface area contributed by atoms with Crippen LogP contribution in [0.3, 0.4) is 0 Å². The molecule has 0 fully saturated rings. The molecule has 0 saturated heterocycles. The molecule has 34 heavy (non-hydrogen) atoms. The number of hydrazone groups is 1. The van der Waals surface area contributed by atoms with Crippen LogP contribution in [0.1, 0.15) is 5.56 Å². The van der Waals surface area contributed by atoms with Gasteiger partial charge in [-0.25, -0.2) is 13.4 Å². The lowest BCUT2D eigenvalue weighted by atomic mass is 10.2. The van der Waals surface area contributed by atoms with Gasteiger partial charge < -0.3 is 4.57 Å². The zero-order valence-corrected chi connectivity index (χ0v) is 18.9. The van der Waals surface area contributed by atoms with Crippen molar-refractivity contribution >= 4 is 44.9 Å². The number of halogens is 1. The summed E-state index contributed by atoms with van der Waals surface area (Å²) in [7, 11) is -4.23. The van der Waals surface area contributed by atoms with Crippen molar-refractivity contribution in [1.82, 2.24) is 9.55 Å². The van der Waals surface area contributed by atoms with Crippen molar-refractivity contribution in [3.63, 3.8) is 0 Å². The molecule has 1 aromatic heterocycles. The molecule has 4 rings (SSSR count). The van der Waals surface area contributed by atoms with Gasteiger partial charge >= 0.3 is 0 Å². The first-order chi connectivity index (χ1) is 16.3. The van der Waals surface area contributed by atoms with Crippen LogP contribution < -0.4 is 10.1 Å². The number of nitro groups is 1. The lowest BCUT2D eigenvalue weighted by molar-refractivity contribution is -0.385. The smallest absolute Gasteiger partial charge is 0.270 e. The van der Waals surface area contributed by atoms with E-state index >= 15 is 0 Å². The maximum absolute atomic E-state index is 13.0. The molecule has 12 heteroatoms. The predicted octanol–water partition coefficient (Wildman–Crippen LogP) is 4.68. The van der Waals surface area contributed by atoms with Crippen molar-refractivity contribution in [1.29, 1.82) is 0 Å². The monoisotopic (exact) mass is 496 g/mol. The lowest BCUT2D eigenvalue weighted by Crippen LogP contribution is -2.15. The number of para-hydroxylation sites is 1. The van der Waals surface area contributed by atoms with E-state index in [1.807, 2.05) is 35.0 Å². The Morgan fingerprint density at radius 1 is 1.06 bits per heavy atom. The molecule has 0 bridgehead atoms. The largest absolute Gasteiger partial charge is 0.306 e. The van der Waals surface area contributed by atoms with Crippen molar-refractivity contribution < 1.29 is 13.3 Å². The highest BCUT2D eigenvalue weighted by Crippen LogP contribution is 2.30. The van der Waals surface area contributed by atoms with Crippen LogP contribution in [-0.2, 0) is 10.0 Å². The Bertz CT molecular complexity index is 1460. The summed E-state index contributed by atoms with van der Waals surface area (Å²) < 4.78 is 30.3. The summed E-state index contributed by atoms with van der Waals surface area (Å²) in [6.45, 7) is 0.